The Morgan fingerprint density at radius 2 is 1.77 bits per heavy atom. The van der Waals surface area contributed by atoms with Crippen molar-refractivity contribution in [3.63, 3.8) is 0 Å². The molecule has 0 aliphatic rings. The summed E-state index contributed by atoms with van der Waals surface area (Å²) in [5, 5.41) is 6.42. The molecule has 0 spiro atoms. The number of hydrazone groups is 1. The van der Waals surface area contributed by atoms with Crippen LogP contribution in [0.2, 0.25) is 0 Å². The van der Waals surface area contributed by atoms with Gasteiger partial charge in [0, 0.05) is 5.56 Å². The minimum absolute atomic E-state index is 0.155. The number of nitrogens with one attached hydrogen (secondary N) is 2. The van der Waals surface area contributed by atoms with Crippen LogP contribution in [-0.4, -0.2) is 31.2 Å². The smallest absolute Gasteiger partial charge is 0.259 e. The highest BCUT2D eigenvalue weighted by molar-refractivity contribution is 5.96. The van der Waals surface area contributed by atoms with E-state index in [4.69, 9.17) is 4.74 Å². The number of amides is 2. The van der Waals surface area contributed by atoms with E-state index in [-0.39, 0.29) is 12.5 Å². The van der Waals surface area contributed by atoms with Crippen LogP contribution < -0.4 is 15.5 Å². The molecule has 0 radical (unpaired) electrons. The van der Waals surface area contributed by atoms with Gasteiger partial charge in [0.25, 0.3) is 11.8 Å². The largest absolute Gasteiger partial charge is 0.494 e. The summed E-state index contributed by atoms with van der Waals surface area (Å²) in [5.41, 5.74) is 4.88. The molecule has 0 aromatic heterocycles. The van der Waals surface area contributed by atoms with E-state index in [0.717, 1.165) is 17.5 Å². The molecule has 2 aromatic carbocycles. The highest BCUT2D eigenvalue weighted by Gasteiger charge is 2.07. The Labute approximate surface area is 153 Å². The number of ether oxygens (including phenoxy) is 1. The number of aryl methyl sites for hydroxylation is 1. The van der Waals surface area contributed by atoms with E-state index in [0.29, 0.717) is 17.9 Å². The van der Waals surface area contributed by atoms with Crippen LogP contribution in [0.3, 0.4) is 0 Å². The summed E-state index contributed by atoms with van der Waals surface area (Å²) in [4.78, 5) is 23.8. The van der Waals surface area contributed by atoms with E-state index in [1.165, 1.54) is 0 Å². The molecule has 0 aliphatic heterocycles. The summed E-state index contributed by atoms with van der Waals surface area (Å²) in [6.07, 6.45) is 2.47. The normalized spacial score (nSPS) is 10.5. The maximum Gasteiger partial charge on any atom is 0.259 e. The van der Waals surface area contributed by atoms with E-state index >= 15 is 0 Å². The van der Waals surface area contributed by atoms with Crippen molar-refractivity contribution >= 4 is 18.0 Å². The van der Waals surface area contributed by atoms with Gasteiger partial charge in [0.15, 0.2) is 0 Å². The third-order valence-electron chi connectivity index (χ3n) is 3.48. The number of hydrogen-bond acceptors (Lipinski definition) is 4. The number of rotatable bonds is 8. The van der Waals surface area contributed by atoms with Crippen LogP contribution in [0, 0.1) is 6.92 Å². The molecule has 6 nitrogen and oxygen atoms in total. The fraction of sp³-hybridized carbons (Fsp3) is 0.250. The van der Waals surface area contributed by atoms with Gasteiger partial charge in [-0.1, -0.05) is 36.8 Å². The van der Waals surface area contributed by atoms with Gasteiger partial charge in [-0.2, -0.15) is 5.10 Å². The molecule has 0 saturated heterocycles. The zero-order valence-corrected chi connectivity index (χ0v) is 15.0. The minimum Gasteiger partial charge on any atom is -0.494 e. The van der Waals surface area contributed by atoms with Crippen molar-refractivity contribution < 1.29 is 14.3 Å². The first-order chi connectivity index (χ1) is 12.6. The standard InChI is InChI=1S/C20H23N3O3/c1-3-12-26-18-10-8-17(9-11-18)20(25)21-14-19(24)23-22-13-16-6-4-15(2)5-7-16/h4-11,13H,3,12,14H2,1-2H3,(H,21,25)(H,23,24). The number of hydrogen-bond donors (Lipinski definition) is 2. The molecule has 136 valence electrons. The lowest BCUT2D eigenvalue weighted by molar-refractivity contribution is -0.120. The molecule has 26 heavy (non-hydrogen) atoms. The maximum atomic E-state index is 12.0. The molecule has 6 heteroatoms. The van der Waals surface area contributed by atoms with Crippen molar-refractivity contribution in [3.05, 3.63) is 65.2 Å². The van der Waals surface area contributed by atoms with Gasteiger partial charge in [0.1, 0.15) is 5.75 Å². The van der Waals surface area contributed by atoms with Gasteiger partial charge in [-0.15, -0.1) is 0 Å². The summed E-state index contributed by atoms with van der Waals surface area (Å²) < 4.78 is 5.46. The lowest BCUT2D eigenvalue weighted by Gasteiger charge is -2.07. The van der Waals surface area contributed by atoms with Gasteiger partial charge in [-0.3, -0.25) is 9.59 Å². The Balaban J connectivity index is 1.75. The van der Waals surface area contributed by atoms with Gasteiger partial charge in [-0.05, 0) is 43.2 Å². The van der Waals surface area contributed by atoms with Crippen molar-refractivity contribution in [1.82, 2.24) is 10.7 Å². The molecular formula is C20H23N3O3. The molecule has 0 atom stereocenters. The zero-order valence-electron chi connectivity index (χ0n) is 15.0. The molecule has 0 unspecified atom stereocenters. The van der Waals surface area contributed by atoms with E-state index in [9.17, 15) is 9.59 Å². The summed E-state index contributed by atoms with van der Waals surface area (Å²) in [6, 6.07) is 14.5. The number of nitrogens with zero attached hydrogens (tertiary/aromatic N) is 1. The molecule has 2 amide bonds. The van der Waals surface area contributed by atoms with Crippen LogP contribution in [0.4, 0.5) is 0 Å². The molecular weight excluding hydrogens is 330 g/mol. The number of benzene rings is 2. The van der Waals surface area contributed by atoms with Crippen LogP contribution in [0.15, 0.2) is 53.6 Å². The van der Waals surface area contributed by atoms with E-state index in [1.54, 1.807) is 30.5 Å². The fourth-order valence-electron chi connectivity index (χ4n) is 2.06. The Morgan fingerprint density at radius 1 is 1.08 bits per heavy atom. The average molecular weight is 353 g/mol. The second-order valence-corrected chi connectivity index (χ2v) is 5.76. The fourth-order valence-corrected chi connectivity index (χ4v) is 2.06. The Kier molecular flexibility index (Phi) is 7.36. The van der Waals surface area contributed by atoms with Crippen molar-refractivity contribution in [2.45, 2.75) is 20.3 Å². The highest BCUT2D eigenvalue weighted by atomic mass is 16.5. The van der Waals surface area contributed by atoms with Crippen LogP contribution >= 0.6 is 0 Å². The van der Waals surface area contributed by atoms with Crippen molar-refractivity contribution in [2.75, 3.05) is 13.2 Å². The average Bonchev–Trinajstić information content (AvgIpc) is 2.66. The second-order valence-electron chi connectivity index (χ2n) is 5.76. The van der Waals surface area contributed by atoms with Crippen molar-refractivity contribution in [2.24, 2.45) is 5.10 Å². The SMILES string of the molecule is CCCOc1ccc(C(=O)NCC(=O)NN=Cc2ccc(C)cc2)cc1. The Hall–Kier alpha value is -3.15. The zero-order chi connectivity index (χ0) is 18.8. The molecule has 2 rings (SSSR count). The first-order valence-electron chi connectivity index (χ1n) is 8.48. The minimum atomic E-state index is -0.399. The summed E-state index contributed by atoms with van der Waals surface area (Å²) in [6.45, 7) is 4.50. The highest BCUT2D eigenvalue weighted by Crippen LogP contribution is 2.12. The van der Waals surface area contributed by atoms with Crippen molar-refractivity contribution in [1.29, 1.82) is 0 Å². The topological polar surface area (TPSA) is 79.8 Å². The first kappa shape index (κ1) is 19.2. The molecule has 0 saturated carbocycles. The Morgan fingerprint density at radius 3 is 2.42 bits per heavy atom. The summed E-state index contributed by atoms with van der Waals surface area (Å²) >= 11 is 0. The van der Waals surface area contributed by atoms with Gasteiger partial charge in [0.05, 0.1) is 19.4 Å². The quantitative estimate of drug-likeness (QED) is 0.566. The monoisotopic (exact) mass is 353 g/mol. The molecule has 0 aliphatic carbocycles. The van der Waals surface area contributed by atoms with E-state index in [2.05, 4.69) is 15.8 Å². The summed E-state index contributed by atoms with van der Waals surface area (Å²) in [5.74, 6) is -0.0131. The molecule has 2 N–H and O–H groups in total. The van der Waals surface area contributed by atoms with Crippen LogP contribution in [0.1, 0.15) is 34.8 Å². The van der Waals surface area contributed by atoms with Crippen molar-refractivity contribution in [3.8, 4) is 5.75 Å². The molecule has 0 bridgehead atoms. The number of carbonyl (C=O) groups excluding carboxylic acids is 2. The molecule has 0 heterocycles. The van der Waals surface area contributed by atoms with E-state index in [1.807, 2.05) is 38.1 Å². The molecule has 2 aromatic rings. The predicted molar refractivity (Wildman–Crippen MR) is 101 cm³/mol. The molecule has 0 fully saturated rings. The van der Waals surface area contributed by atoms with Gasteiger partial charge in [-0.25, -0.2) is 5.43 Å². The lowest BCUT2D eigenvalue weighted by Crippen LogP contribution is -2.34. The Bertz CT molecular complexity index is 753. The second kappa shape index (κ2) is 9.98. The third-order valence-corrected chi connectivity index (χ3v) is 3.48. The van der Waals surface area contributed by atoms with E-state index < -0.39 is 5.91 Å². The van der Waals surface area contributed by atoms with Crippen LogP contribution in [0.25, 0.3) is 0 Å². The maximum absolute atomic E-state index is 12.0. The van der Waals surface area contributed by atoms with Gasteiger partial charge < -0.3 is 10.1 Å². The first-order valence-corrected chi connectivity index (χ1v) is 8.48. The predicted octanol–water partition coefficient (Wildman–Crippen LogP) is 2.66. The van der Waals surface area contributed by atoms with Gasteiger partial charge in [0.2, 0.25) is 0 Å². The number of carbonyl (C=O) groups is 2. The summed E-state index contributed by atoms with van der Waals surface area (Å²) in [7, 11) is 0. The lowest BCUT2D eigenvalue weighted by atomic mass is 10.2. The van der Waals surface area contributed by atoms with Crippen LogP contribution in [-0.2, 0) is 4.79 Å². The van der Waals surface area contributed by atoms with Gasteiger partial charge >= 0.3 is 0 Å². The third kappa shape index (κ3) is 6.39. The van der Waals surface area contributed by atoms with Crippen LogP contribution in [0.5, 0.6) is 5.75 Å².